The van der Waals surface area contributed by atoms with Crippen molar-refractivity contribution >= 4 is 17.3 Å². The molecule has 0 atom stereocenters. The van der Waals surface area contributed by atoms with Gasteiger partial charge >= 0.3 is 0 Å². The van der Waals surface area contributed by atoms with E-state index in [1.165, 1.54) is 0 Å². The summed E-state index contributed by atoms with van der Waals surface area (Å²) in [5.74, 6) is 0.777. The maximum atomic E-state index is 8.72. The first kappa shape index (κ1) is 9.05. The minimum Gasteiger partial charge on any atom is -0.502 e. The summed E-state index contributed by atoms with van der Waals surface area (Å²) in [6.45, 7) is 2.52. The number of hydrogen-bond acceptors (Lipinski definition) is 4. The summed E-state index contributed by atoms with van der Waals surface area (Å²) in [6, 6.07) is 0. The van der Waals surface area contributed by atoms with Crippen LogP contribution in [0.3, 0.4) is 0 Å². The summed E-state index contributed by atoms with van der Waals surface area (Å²) < 4.78 is 1.68. The van der Waals surface area contributed by atoms with Crippen molar-refractivity contribution in [3.8, 4) is 0 Å². The Balaban J connectivity index is 2.33. The number of aliphatic hydroxyl groups excluding tert-OH is 1. The Labute approximate surface area is 75.4 Å². The van der Waals surface area contributed by atoms with E-state index >= 15 is 0 Å². The lowest BCUT2D eigenvalue weighted by Crippen LogP contribution is -2.04. The third-order valence-electron chi connectivity index (χ3n) is 1.47. The van der Waals surface area contributed by atoms with Crippen molar-refractivity contribution in [1.29, 1.82) is 0 Å². The monoisotopic (exact) mass is 186 g/mol. The Bertz CT molecular complexity index is 272. The van der Waals surface area contributed by atoms with E-state index < -0.39 is 0 Å². The first-order valence-corrected chi connectivity index (χ1v) is 4.05. The molecule has 0 spiro atoms. The van der Waals surface area contributed by atoms with E-state index in [0.29, 0.717) is 13.0 Å². The molecule has 0 aliphatic heterocycles. The van der Waals surface area contributed by atoms with E-state index in [9.17, 15) is 0 Å². The average molecular weight is 186 g/mol. The van der Waals surface area contributed by atoms with Crippen LogP contribution in [0.4, 0.5) is 0 Å². The van der Waals surface area contributed by atoms with Crippen LogP contribution in [0.2, 0.25) is 0 Å². The third-order valence-corrected chi connectivity index (χ3v) is 1.68. The van der Waals surface area contributed by atoms with Crippen molar-refractivity contribution in [2.75, 3.05) is 0 Å². The predicted octanol–water partition coefficient (Wildman–Crippen LogP) is 0.647. The van der Waals surface area contributed by atoms with Gasteiger partial charge in [0.2, 0.25) is 0 Å². The van der Waals surface area contributed by atoms with Gasteiger partial charge in [0.1, 0.15) is 5.82 Å². The summed E-state index contributed by atoms with van der Waals surface area (Å²) in [5.41, 5.74) is 0. The van der Waals surface area contributed by atoms with Gasteiger partial charge in [0.25, 0.3) is 0 Å². The summed E-state index contributed by atoms with van der Waals surface area (Å²) >= 11 is 4.52. The second-order valence-electron chi connectivity index (χ2n) is 2.45. The molecule has 5 nitrogen and oxygen atoms in total. The van der Waals surface area contributed by atoms with Gasteiger partial charge in [-0.3, -0.25) is 0 Å². The molecule has 1 N–H and O–H groups in total. The highest BCUT2D eigenvalue weighted by molar-refractivity contribution is 7.80. The van der Waals surface area contributed by atoms with Crippen LogP contribution in [0.1, 0.15) is 18.7 Å². The number of tetrazole rings is 1. The molecule has 6 heteroatoms. The van der Waals surface area contributed by atoms with Crippen molar-refractivity contribution in [2.24, 2.45) is 0 Å². The molecule has 12 heavy (non-hydrogen) atoms. The quantitative estimate of drug-likeness (QED) is 0.699. The highest BCUT2D eigenvalue weighted by atomic mass is 32.1. The van der Waals surface area contributed by atoms with E-state index in [-0.39, 0.29) is 5.05 Å². The zero-order valence-electron chi connectivity index (χ0n) is 6.77. The van der Waals surface area contributed by atoms with E-state index in [4.69, 9.17) is 5.11 Å². The van der Waals surface area contributed by atoms with E-state index in [0.717, 1.165) is 12.2 Å². The van der Waals surface area contributed by atoms with Crippen LogP contribution in [-0.2, 0) is 6.54 Å². The van der Waals surface area contributed by atoms with Crippen molar-refractivity contribution in [1.82, 2.24) is 20.2 Å². The summed E-state index contributed by atoms with van der Waals surface area (Å²) in [6.07, 6.45) is 1.29. The van der Waals surface area contributed by atoms with Crippen LogP contribution in [0.15, 0.2) is 0 Å². The van der Waals surface area contributed by atoms with Crippen LogP contribution in [-0.4, -0.2) is 30.4 Å². The molecule has 1 aromatic heterocycles. The molecule has 0 aliphatic carbocycles. The van der Waals surface area contributed by atoms with Gasteiger partial charge < -0.3 is 5.11 Å². The van der Waals surface area contributed by atoms with Gasteiger partial charge in [-0.25, -0.2) is 4.68 Å². The molecule has 0 bridgehead atoms. The molecule has 0 amide bonds. The second kappa shape index (κ2) is 4.10. The van der Waals surface area contributed by atoms with Gasteiger partial charge in [-0.05, 0) is 36.0 Å². The van der Waals surface area contributed by atoms with Gasteiger partial charge in [-0.2, -0.15) is 0 Å². The lowest BCUT2D eigenvalue weighted by molar-refractivity contribution is 0.512. The van der Waals surface area contributed by atoms with Crippen LogP contribution in [0.25, 0.3) is 0 Å². The molecular formula is C6H10N4OS. The number of rotatable bonds is 4. The largest absolute Gasteiger partial charge is 0.502 e. The minimum absolute atomic E-state index is 0.0423. The fraction of sp³-hybridized carbons (Fsp3) is 0.667. The van der Waals surface area contributed by atoms with E-state index in [1.807, 2.05) is 6.92 Å². The van der Waals surface area contributed by atoms with Crippen LogP contribution >= 0.6 is 12.2 Å². The average Bonchev–Trinajstić information content (AvgIpc) is 2.36. The lowest BCUT2D eigenvalue weighted by atomic mass is 10.3. The summed E-state index contributed by atoms with van der Waals surface area (Å²) in [7, 11) is 0. The molecular weight excluding hydrogens is 176 g/mol. The Morgan fingerprint density at radius 2 is 2.42 bits per heavy atom. The molecule has 0 saturated heterocycles. The molecule has 0 radical (unpaired) electrons. The molecule has 0 saturated carbocycles. The third kappa shape index (κ3) is 2.54. The maximum Gasteiger partial charge on any atom is 0.156 e. The normalized spacial score (nSPS) is 10.1. The van der Waals surface area contributed by atoms with Crippen molar-refractivity contribution < 1.29 is 5.11 Å². The predicted molar refractivity (Wildman–Crippen MR) is 47.0 cm³/mol. The lowest BCUT2D eigenvalue weighted by Gasteiger charge is -1.99. The smallest absolute Gasteiger partial charge is 0.156 e. The van der Waals surface area contributed by atoms with Gasteiger partial charge in [-0.15, -0.1) is 5.10 Å². The fourth-order valence-corrected chi connectivity index (χ4v) is 0.980. The topological polar surface area (TPSA) is 63.8 Å². The second-order valence-corrected chi connectivity index (χ2v) is 2.92. The zero-order valence-corrected chi connectivity index (χ0v) is 7.58. The molecule has 1 aromatic rings. The number of aryl methyl sites for hydroxylation is 2. The number of nitrogens with zero attached hydrogens (tertiary/aromatic N) is 4. The van der Waals surface area contributed by atoms with E-state index in [2.05, 4.69) is 27.7 Å². The van der Waals surface area contributed by atoms with Gasteiger partial charge in [0, 0.05) is 13.0 Å². The van der Waals surface area contributed by atoms with E-state index in [1.54, 1.807) is 4.68 Å². The number of aliphatic hydroxyl groups is 1. The maximum absolute atomic E-state index is 8.72. The number of hydrogen-bond donors (Lipinski definition) is 1. The Kier molecular flexibility index (Phi) is 3.09. The van der Waals surface area contributed by atoms with Crippen LogP contribution < -0.4 is 0 Å². The number of aromatic nitrogens is 4. The SMILES string of the molecule is Cc1nnnn1CCCC(O)=S. The van der Waals surface area contributed by atoms with Gasteiger partial charge in [-0.1, -0.05) is 0 Å². The highest BCUT2D eigenvalue weighted by Crippen LogP contribution is 1.96. The Hall–Kier alpha value is -1.04. The Morgan fingerprint density at radius 3 is 2.92 bits per heavy atom. The van der Waals surface area contributed by atoms with Gasteiger partial charge in [0.15, 0.2) is 5.05 Å². The standard InChI is InChI=1S/C6H10N4OS/c1-5-7-8-9-10(5)4-2-3-6(11)12/h2-4H2,1H3,(H,11,12). The molecule has 0 unspecified atom stereocenters. The Morgan fingerprint density at radius 1 is 1.67 bits per heavy atom. The van der Waals surface area contributed by atoms with Crippen LogP contribution in [0.5, 0.6) is 0 Å². The zero-order chi connectivity index (χ0) is 8.97. The molecule has 1 rings (SSSR count). The molecule has 0 aromatic carbocycles. The van der Waals surface area contributed by atoms with Crippen molar-refractivity contribution in [2.45, 2.75) is 26.3 Å². The molecule has 0 aliphatic rings. The summed E-state index contributed by atoms with van der Waals surface area (Å²) in [4.78, 5) is 0. The molecule has 0 fully saturated rings. The molecule has 66 valence electrons. The first-order valence-electron chi connectivity index (χ1n) is 3.64. The minimum atomic E-state index is 0.0423. The van der Waals surface area contributed by atoms with Crippen molar-refractivity contribution in [3.05, 3.63) is 5.82 Å². The first-order chi connectivity index (χ1) is 5.70. The molecule has 1 heterocycles. The highest BCUT2D eigenvalue weighted by Gasteiger charge is 1.99. The fourth-order valence-electron chi connectivity index (χ4n) is 0.836. The van der Waals surface area contributed by atoms with Crippen molar-refractivity contribution in [3.63, 3.8) is 0 Å². The van der Waals surface area contributed by atoms with Crippen LogP contribution in [0, 0.1) is 6.92 Å². The summed E-state index contributed by atoms with van der Waals surface area (Å²) in [5, 5.41) is 19.7. The number of thiocarbonyl (C=S) groups is 1. The van der Waals surface area contributed by atoms with Gasteiger partial charge in [0.05, 0.1) is 0 Å².